The minimum atomic E-state index is -4.85. The average molecular weight is 616 g/mol. The summed E-state index contributed by atoms with van der Waals surface area (Å²) in [6.45, 7) is -0.732. The first kappa shape index (κ1) is 28.8. The fraction of sp³-hybridized carbons (Fsp3) is 0.318. The molecular formula is C22H24ClN5O10P2. The minimum absolute atomic E-state index is 0.147. The third-order valence-corrected chi connectivity index (χ3v) is 9.76. The molecule has 0 aliphatic carbocycles. The van der Waals surface area contributed by atoms with E-state index in [0.717, 1.165) is 16.5 Å². The van der Waals surface area contributed by atoms with E-state index in [1.54, 1.807) is 7.11 Å². The van der Waals surface area contributed by atoms with Crippen LogP contribution in [-0.2, 0) is 18.4 Å². The van der Waals surface area contributed by atoms with E-state index in [1.165, 1.54) is 10.9 Å². The Morgan fingerprint density at radius 1 is 1.12 bits per heavy atom. The molecule has 0 amide bonds. The highest BCUT2D eigenvalue weighted by molar-refractivity contribution is 7.70. The molecule has 2 aromatic heterocycles. The van der Waals surface area contributed by atoms with Crippen LogP contribution in [0, 0.1) is 0 Å². The normalized spacial score (nSPS) is 23.0. The van der Waals surface area contributed by atoms with Crippen LogP contribution >= 0.6 is 26.8 Å². The summed E-state index contributed by atoms with van der Waals surface area (Å²) in [6.07, 6.45) is -4.42. The Balaban J connectivity index is 1.39. The first-order valence-electron chi connectivity index (χ1n) is 11.6. The molecule has 2 aromatic carbocycles. The molecule has 4 aromatic rings. The highest BCUT2D eigenvalue weighted by Gasteiger charge is 2.45. The number of nitrogens with zero attached hydrogens (tertiary/aromatic N) is 4. The number of ether oxygens (including phenoxy) is 2. The summed E-state index contributed by atoms with van der Waals surface area (Å²) in [5.74, 6) is -0.431. The van der Waals surface area contributed by atoms with E-state index in [-0.39, 0.29) is 22.3 Å². The van der Waals surface area contributed by atoms with Crippen LogP contribution in [0.2, 0.25) is 5.28 Å². The third-order valence-electron chi connectivity index (χ3n) is 6.13. The molecule has 214 valence electrons. The van der Waals surface area contributed by atoms with Crippen molar-refractivity contribution in [3.8, 4) is 5.75 Å². The second-order valence-corrected chi connectivity index (χ2v) is 13.3. The number of benzene rings is 2. The number of aliphatic hydroxyl groups excluding tert-OH is 2. The molecule has 0 radical (unpaired) electrons. The minimum Gasteiger partial charge on any atom is -0.496 e. The maximum atomic E-state index is 12.0. The third kappa shape index (κ3) is 5.99. The Morgan fingerprint density at radius 2 is 1.90 bits per heavy atom. The first-order valence-corrected chi connectivity index (χ1v) is 15.6. The number of rotatable bonds is 9. The van der Waals surface area contributed by atoms with Crippen LogP contribution in [0.25, 0.3) is 21.9 Å². The Kier molecular flexibility index (Phi) is 7.89. The van der Waals surface area contributed by atoms with Gasteiger partial charge in [0.25, 0.3) is 0 Å². The maximum Gasteiger partial charge on any atom is 0.340 e. The zero-order valence-electron chi connectivity index (χ0n) is 20.6. The Bertz CT molecular complexity index is 1670. The number of aromatic nitrogens is 4. The van der Waals surface area contributed by atoms with Crippen LogP contribution in [-0.4, -0.2) is 82.3 Å². The lowest BCUT2D eigenvalue weighted by atomic mass is 10.1. The van der Waals surface area contributed by atoms with E-state index in [1.807, 2.05) is 36.4 Å². The van der Waals surface area contributed by atoms with Gasteiger partial charge < -0.3 is 44.2 Å². The zero-order chi connectivity index (χ0) is 28.8. The molecule has 15 nitrogen and oxygen atoms in total. The molecule has 0 saturated carbocycles. The molecule has 0 bridgehead atoms. The molecule has 1 saturated heterocycles. The van der Waals surface area contributed by atoms with Crippen LogP contribution in [0.1, 0.15) is 6.23 Å². The van der Waals surface area contributed by atoms with Crippen molar-refractivity contribution >= 4 is 60.2 Å². The van der Waals surface area contributed by atoms with Gasteiger partial charge in [-0.25, -0.2) is 4.98 Å². The smallest absolute Gasteiger partial charge is 0.340 e. The van der Waals surface area contributed by atoms with Crippen molar-refractivity contribution in [2.24, 2.45) is 0 Å². The molecule has 1 aliphatic heterocycles. The number of hydrogen-bond donors (Lipinski definition) is 6. The first-order chi connectivity index (χ1) is 18.8. The number of anilines is 2. The number of hydrogen-bond acceptors (Lipinski definition) is 11. The molecule has 0 spiro atoms. The van der Waals surface area contributed by atoms with Crippen molar-refractivity contribution in [3.63, 3.8) is 0 Å². The van der Waals surface area contributed by atoms with Crippen molar-refractivity contribution in [1.82, 2.24) is 19.5 Å². The van der Waals surface area contributed by atoms with Gasteiger partial charge in [-0.2, -0.15) is 9.97 Å². The SMILES string of the molecule is COc1cccc2cc(Nc3nc(Cl)nc4c3ncn4[C@@H]3O[C@H](COP(=O)(O)CP(=O)(O)O)C(O)C3O)ccc12. The number of methoxy groups -OCH3 is 1. The van der Waals surface area contributed by atoms with E-state index in [4.69, 9.17) is 35.4 Å². The summed E-state index contributed by atoms with van der Waals surface area (Å²) in [5, 5.41) is 25.9. The second-order valence-electron chi connectivity index (χ2n) is 8.97. The van der Waals surface area contributed by atoms with Gasteiger partial charge in [-0.15, -0.1) is 0 Å². The zero-order valence-corrected chi connectivity index (χ0v) is 23.1. The van der Waals surface area contributed by atoms with E-state index >= 15 is 0 Å². The Labute approximate surface area is 231 Å². The van der Waals surface area contributed by atoms with Gasteiger partial charge in [-0.1, -0.05) is 12.1 Å². The largest absolute Gasteiger partial charge is 0.496 e. The van der Waals surface area contributed by atoms with Crippen LogP contribution in [0.5, 0.6) is 5.75 Å². The molecule has 5 atom stereocenters. The van der Waals surface area contributed by atoms with Crippen LogP contribution in [0.3, 0.4) is 0 Å². The lowest BCUT2D eigenvalue weighted by molar-refractivity contribution is -0.0483. The number of fused-ring (bicyclic) bond motifs is 2. The van der Waals surface area contributed by atoms with E-state index in [9.17, 15) is 24.2 Å². The van der Waals surface area contributed by atoms with Crippen LogP contribution in [0.4, 0.5) is 11.5 Å². The summed E-state index contributed by atoms with van der Waals surface area (Å²) in [4.78, 5) is 40.3. The Morgan fingerprint density at radius 3 is 2.62 bits per heavy atom. The molecule has 1 fully saturated rings. The number of nitrogens with one attached hydrogen (secondary N) is 1. The second kappa shape index (κ2) is 11.0. The molecule has 3 unspecified atom stereocenters. The summed E-state index contributed by atoms with van der Waals surface area (Å²) in [5.41, 5.74) is 1.08. The summed E-state index contributed by atoms with van der Waals surface area (Å²) in [7, 11) is -7.96. The highest BCUT2D eigenvalue weighted by atomic mass is 35.5. The number of aliphatic hydroxyl groups is 2. The van der Waals surface area contributed by atoms with Crippen LogP contribution in [0.15, 0.2) is 42.7 Å². The van der Waals surface area contributed by atoms with Gasteiger partial charge in [-0.3, -0.25) is 13.7 Å². The fourth-order valence-electron chi connectivity index (χ4n) is 4.37. The summed E-state index contributed by atoms with van der Waals surface area (Å²) < 4.78 is 40.2. The summed E-state index contributed by atoms with van der Waals surface area (Å²) in [6, 6.07) is 11.2. The van der Waals surface area contributed by atoms with Crippen molar-refractivity contribution in [2.75, 3.05) is 24.9 Å². The molecule has 40 heavy (non-hydrogen) atoms. The highest BCUT2D eigenvalue weighted by Crippen LogP contribution is 2.55. The topological polar surface area (TPSA) is 219 Å². The van der Waals surface area contributed by atoms with Crippen molar-refractivity contribution in [3.05, 3.63) is 48.0 Å². The van der Waals surface area contributed by atoms with Crippen LogP contribution < -0.4 is 10.1 Å². The van der Waals surface area contributed by atoms with Gasteiger partial charge >= 0.3 is 15.2 Å². The average Bonchev–Trinajstić information content (AvgIpc) is 3.41. The van der Waals surface area contributed by atoms with Gasteiger partial charge in [0, 0.05) is 11.1 Å². The van der Waals surface area contributed by atoms with Crippen molar-refractivity contribution < 1.29 is 48.0 Å². The maximum absolute atomic E-state index is 12.0. The number of imidazole rings is 1. The quantitative estimate of drug-likeness (QED) is 0.118. The van der Waals surface area contributed by atoms with Gasteiger partial charge in [0.15, 0.2) is 29.1 Å². The molecule has 1 aliphatic rings. The van der Waals surface area contributed by atoms with Gasteiger partial charge in [-0.05, 0) is 41.3 Å². The lowest BCUT2D eigenvalue weighted by Gasteiger charge is -2.18. The number of halogens is 1. The monoisotopic (exact) mass is 615 g/mol. The standard InChI is InChI=1S/C22H24ClN5O10P2/c1-36-14-4-2-3-11-7-12(5-6-13(11)14)25-19-16-20(27-22(23)26-19)28(9-24-16)21-18(30)17(29)15(38-21)8-37-40(34,35)10-39(31,32)33/h2-7,9,15,17-18,21,29-30H,8,10H2,1H3,(H,34,35)(H,25,26,27)(H2,31,32,33)/t15-,17?,18?,21-/m1/s1. The van der Waals surface area contributed by atoms with Crippen molar-refractivity contribution in [2.45, 2.75) is 24.5 Å². The fourth-order valence-corrected chi connectivity index (χ4v) is 7.10. The molecule has 5 rings (SSSR count). The predicted molar refractivity (Wildman–Crippen MR) is 143 cm³/mol. The molecule has 3 heterocycles. The van der Waals surface area contributed by atoms with E-state index < -0.39 is 52.2 Å². The molecule has 6 N–H and O–H groups in total. The predicted octanol–water partition coefficient (Wildman–Crippen LogP) is 2.34. The Hall–Kier alpha value is -2.68. The molecule has 18 heteroatoms. The molecular weight excluding hydrogens is 592 g/mol. The van der Waals surface area contributed by atoms with Crippen molar-refractivity contribution in [1.29, 1.82) is 0 Å². The lowest BCUT2D eigenvalue weighted by Crippen LogP contribution is -2.33. The van der Waals surface area contributed by atoms with Gasteiger partial charge in [0.05, 0.1) is 20.0 Å². The van der Waals surface area contributed by atoms with E-state index in [2.05, 4.69) is 20.3 Å². The summed E-state index contributed by atoms with van der Waals surface area (Å²) >= 11 is 6.19. The van der Waals surface area contributed by atoms with E-state index in [0.29, 0.717) is 5.69 Å². The van der Waals surface area contributed by atoms with Gasteiger partial charge in [0.1, 0.15) is 24.1 Å². The van der Waals surface area contributed by atoms with Gasteiger partial charge in [0.2, 0.25) is 5.28 Å².